The SMILES string of the molecule is CCCCN(CCCC)c1ccc2nc(Nc3ccc(C(=O)OCC)cc3)n(CCN(C(C)C)C(C)C)c2n1. The summed E-state index contributed by atoms with van der Waals surface area (Å²) in [5.74, 6) is 1.45. The molecule has 214 valence electrons. The molecule has 2 aromatic heterocycles. The maximum atomic E-state index is 12.1. The fourth-order valence-corrected chi connectivity index (χ4v) is 4.88. The van der Waals surface area contributed by atoms with Crippen molar-refractivity contribution in [1.82, 2.24) is 19.4 Å². The van der Waals surface area contributed by atoms with Gasteiger partial charge in [-0.25, -0.2) is 14.8 Å². The molecular weight excluding hydrogens is 488 g/mol. The number of nitrogens with one attached hydrogen (secondary N) is 1. The van der Waals surface area contributed by atoms with E-state index in [0.717, 1.165) is 80.5 Å². The molecule has 0 bridgehead atoms. The first-order valence-corrected chi connectivity index (χ1v) is 14.7. The number of hydrogen-bond donors (Lipinski definition) is 1. The van der Waals surface area contributed by atoms with Crippen LogP contribution in [-0.2, 0) is 11.3 Å². The molecule has 0 aliphatic rings. The monoisotopic (exact) mass is 536 g/mol. The van der Waals surface area contributed by atoms with Crippen LogP contribution in [0.5, 0.6) is 0 Å². The number of fused-ring (bicyclic) bond motifs is 1. The van der Waals surface area contributed by atoms with Crippen LogP contribution in [0.2, 0.25) is 0 Å². The molecule has 0 saturated heterocycles. The second kappa shape index (κ2) is 14.9. The van der Waals surface area contributed by atoms with Crippen LogP contribution in [0, 0.1) is 0 Å². The number of ether oxygens (including phenoxy) is 1. The van der Waals surface area contributed by atoms with E-state index in [0.29, 0.717) is 24.3 Å². The average molecular weight is 537 g/mol. The molecule has 0 spiro atoms. The van der Waals surface area contributed by atoms with Crippen molar-refractivity contribution in [2.45, 2.75) is 92.8 Å². The minimum atomic E-state index is -0.314. The molecule has 1 aromatic carbocycles. The second-order valence-corrected chi connectivity index (χ2v) is 10.6. The van der Waals surface area contributed by atoms with Crippen molar-refractivity contribution in [1.29, 1.82) is 0 Å². The third-order valence-corrected chi connectivity index (χ3v) is 7.03. The van der Waals surface area contributed by atoms with Gasteiger partial charge in [0.1, 0.15) is 11.3 Å². The Kier molecular flexibility index (Phi) is 11.6. The summed E-state index contributed by atoms with van der Waals surface area (Å²) in [6.45, 7) is 19.3. The van der Waals surface area contributed by atoms with Crippen LogP contribution >= 0.6 is 0 Å². The highest BCUT2D eigenvalue weighted by atomic mass is 16.5. The predicted octanol–water partition coefficient (Wildman–Crippen LogP) is 6.88. The molecule has 0 aliphatic heterocycles. The molecule has 1 N–H and O–H groups in total. The lowest BCUT2D eigenvalue weighted by Crippen LogP contribution is -2.39. The summed E-state index contributed by atoms with van der Waals surface area (Å²) in [7, 11) is 0. The van der Waals surface area contributed by atoms with E-state index in [9.17, 15) is 4.79 Å². The Hall–Kier alpha value is -3.13. The van der Waals surface area contributed by atoms with Gasteiger partial charge in [-0.15, -0.1) is 0 Å². The van der Waals surface area contributed by atoms with Crippen molar-refractivity contribution >= 4 is 34.6 Å². The zero-order chi connectivity index (χ0) is 28.4. The van der Waals surface area contributed by atoms with Gasteiger partial charge in [0.2, 0.25) is 5.95 Å². The molecule has 8 nitrogen and oxygen atoms in total. The molecule has 8 heteroatoms. The van der Waals surface area contributed by atoms with Crippen molar-refractivity contribution in [3.8, 4) is 0 Å². The van der Waals surface area contributed by atoms with Crippen LogP contribution < -0.4 is 10.2 Å². The number of rotatable bonds is 16. The van der Waals surface area contributed by atoms with Gasteiger partial charge >= 0.3 is 5.97 Å². The molecular formula is C31H48N6O2. The number of carbonyl (C=O) groups is 1. The third-order valence-electron chi connectivity index (χ3n) is 7.03. The van der Waals surface area contributed by atoms with Crippen LogP contribution in [0.15, 0.2) is 36.4 Å². The summed E-state index contributed by atoms with van der Waals surface area (Å²) in [5, 5.41) is 3.49. The summed E-state index contributed by atoms with van der Waals surface area (Å²) >= 11 is 0. The van der Waals surface area contributed by atoms with Gasteiger partial charge in [0, 0.05) is 44.0 Å². The van der Waals surface area contributed by atoms with E-state index >= 15 is 0 Å². The molecule has 0 fully saturated rings. The minimum absolute atomic E-state index is 0.314. The van der Waals surface area contributed by atoms with Crippen molar-refractivity contribution in [3.63, 3.8) is 0 Å². The normalized spacial score (nSPS) is 11.6. The highest BCUT2D eigenvalue weighted by Crippen LogP contribution is 2.25. The molecule has 0 amide bonds. The van der Waals surface area contributed by atoms with E-state index in [1.54, 1.807) is 12.1 Å². The van der Waals surface area contributed by atoms with Gasteiger partial charge in [0.25, 0.3) is 0 Å². The molecule has 0 aliphatic carbocycles. The number of imidazole rings is 1. The summed E-state index contributed by atoms with van der Waals surface area (Å²) < 4.78 is 7.33. The first-order chi connectivity index (χ1) is 18.8. The molecule has 39 heavy (non-hydrogen) atoms. The smallest absolute Gasteiger partial charge is 0.338 e. The summed E-state index contributed by atoms with van der Waals surface area (Å²) in [5.41, 5.74) is 3.16. The number of nitrogens with zero attached hydrogens (tertiary/aromatic N) is 5. The number of esters is 1. The number of anilines is 3. The first-order valence-electron chi connectivity index (χ1n) is 14.7. The van der Waals surface area contributed by atoms with Gasteiger partial charge in [-0.1, -0.05) is 26.7 Å². The summed E-state index contributed by atoms with van der Waals surface area (Å²) in [4.78, 5) is 27.1. The van der Waals surface area contributed by atoms with E-state index in [1.165, 1.54) is 0 Å². The average Bonchev–Trinajstić information content (AvgIpc) is 3.25. The van der Waals surface area contributed by atoms with Crippen molar-refractivity contribution in [3.05, 3.63) is 42.0 Å². The minimum Gasteiger partial charge on any atom is -0.462 e. The maximum Gasteiger partial charge on any atom is 0.338 e. The topological polar surface area (TPSA) is 75.5 Å². The molecule has 3 aromatic rings. The van der Waals surface area contributed by atoms with Gasteiger partial charge < -0.3 is 15.0 Å². The number of carbonyl (C=O) groups excluding carboxylic acids is 1. The Bertz CT molecular complexity index is 1160. The van der Waals surface area contributed by atoms with Gasteiger partial charge in [-0.05, 0) is 83.9 Å². The van der Waals surface area contributed by atoms with Gasteiger partial charge in [-0.2, -0.15) is 0 Å². The fraction of sp³-hybridized carbons (Fsp3) is 0.581. The Labute approximate surface area is 234 Å². The molecule has 0 radical (unpaired) electrons. The van der Waals surface area contributed by atoms with Gasteiger partial charge in [0.15, 0.2) is 5.65 Å². The fourth-order valence-electron chi connectivity index (χ4n) is 4.88. The van der Waals surface area contributed by atoms with E-state index in [1.807, 2.05) is 19.1 Å². The molecule has 0 saturated carbocycles. The van der Waals surface area contributed by atoms with Crippen LogP contribution in [-0.4, -0.2) is 63.7 Å². The van der Waals surface area contributed by atoms with Crippen molar-refractivity contribution in [2.24, 2.45) is 0 Å². The molecule has 2 heterocycles. The maximum absolute atomic E-state index is 12.1. The van der Waals surface area contributed by atoms with E-state index in [-0.39, 0.29) is 5.97 Å². The quantitative estimate of drug-likeness (QED) is 0.200. The van der Waals surface area contributed by atoms with Crippen molar-refractivity contribution < 1.29 is 9.53 Å². The summed E-state index contributed by atoms with van der Waals surface area (Å²) in [6.07, 6.45) is 4.61. The van der Waals surface area contributed by atoms with Gasteiger partial charge in [0.05, 0.1) is 12.2 Å². The summed E-state index contributed by atoms with van der Waals surface area (Å²) in [6, 6.07) is 12.4. The largest absolute Gasteiger partial charge is 0.462 e. The molecule has 3 rings (SSSR count). The van der Waals surface area contributed by atoms with Crippen LogP contribution in [0.3, 0.4) is 0 Å². The number of benzene rings is 1. The predicted molar refractivity (Wildman–Crippen MR) is 162 cm³/mol. The highest BCUT2D eigenvalue weighted by Gasteiger charge is 2.19. The lowest BCUT2D eigenvalue weighted by molar-refractivity contribution is 0.0526. The first kappa shape index (κ1) is 30.4. The highest BCUT2D eigenvalue weighted by molar-refractivity contribution is 5.90. The van der Waals surface area contributed by atoms with E-state index in [2.05, 4.69) is 73.4 Å². The van der Waals surface area contributed by atoms with Crippen LogP contribution in [0.4, 0.5) is 17.5 Å². The standard InChI is InChI=1S/C31H48N6O2/c1-8-11-19-35(20-12-9-2)28-18-17-27-29(34-28)37(22-21-36(23(4)5)24(6)7)31(33-27)32-26-15-13-25(14-16-26)30(38)39-10-3/h13-18,23-24H,8-12,19-22H2,1-7H3,(H,32,33). The zero-order valence-electron chi connectivity index (χ0n) is 25.0. The zero-order valence-corrected chi connectivity index (χ0v) is 25.0. The Morgan fingerprint density at radius 2 is 1.54 bits per heavy atom. The van der Waals surface area contributed by atoms with Crippen molar-refractivity contribution in [2.75, 3.05) is 36.5 Å². The number of aromatic nitrogens is 3. The van der Waals surface area contributed by atoms with Crippen LogP contribution in [0.1, 0.15) is 84.5 Å². The number of pyridine rings is 1. The Morgan fingerprint density at radius 3 is 2.10 bits per heavy atom. The van der Waals surface area contributed by atoms with Gasteiger partial charge in [-0.3, -0.25) is 9.47 Å². The Balaban J connectivity index is 1.98. The Morgan fingerprint density at radius 1 is 0.897 bits per heavy atom. The second-order valence-electron chi connectivity index (χ2n) is 10.6. The lowest BCUT2D eigenvalue weighted by atomic mass is 10.2. The number of hydrogen-bond acceptors (Lipinski definition) is 7. The van der Waals surface area contributed by atoms with E-state index in [4.69, 9.17) is 14.7 Å². The molecule has 0 atom stereocenters. The number of unbranched alkanes of at least 4 members (excludes halogenated alkanes) is 2. The van der Waals surface area contributed by atoms with Crippen LogP contribution in [0.25, 0.3) is 11.2 Å². The molecule has 0 unspecified atom stereocenters. The van der Waals surface area contributed by atoms with E-state index < -0.39 is 0 Å². The third kappa shape index (κ3) is 8.18. The lowest BCUT2D eigenvalue weighted by Gasteiger charge is -2.30.